The second-order valence-electron chi connectivity index (χ2n) is 5.41. The van der Waals surface area contributed by atoms with Crippen molar-refractivity contribution in [2.75, 3.05) is 5.32 Å². The van der Waals surface area contributed by atoms with Gasteiger partial charge in [-0.15, -0.1) is 0 Å². The molecule has 0 fully saturated rings. The zero-order chi connectivity index (χ0) is 17.8. The second-order valence-corrected chi connectivity index (χ2v) is 5.41. The van der Waals surface area contributed by atoms with E-state index in [0.717, 1.165) is 11.1 Å². The van der Waals surface area contributed by atoms with E-state index in [-0.39, 0.29) is 17.4 Å². The van der Waals surface area contributed by atoms with Crippen molar-refractivity contribution in [3.63, 3.8) is 0 Å². The first-order valence-corrected chi connectivity index (χ1v) is 7.65. The molecule has 0 saturated carbocycles. The number of hydrogen-bond acceptors (Lipinski definition) is 5. The van der Waals surface area contributed by atoms with Gasteiger partial charge in [0.1, 0.15) is 11.5 Å². The van der Waals surface area contributed by atoms with E-state index >= 15 is 0 Å². The number of anilines is 1. The van der Waals surface area contributed by atoms with Crippen LogP contribution in [-0.4, -0.2) is 15.8 Å². The number of benzene rings is 2. The summed E-state index contributed by atoms with van der Waals surface area (Å²) in [4.78, 5) is 9.25. The van der Waals surface area contributed by atoms with E-state index in [1.54, 1.807) is 0 Å². The molecule has 1 aromatic heterocycles. The molecule has 0 saturated heterocycles. The third-order valence-electron chi connectivity index (χ3n) is 3.52. The van der Waals surface area contributed by atoms with E-state index in [9.17, 15) is 0 Å². The number of nitrogens with one attached hydrogen (secondary N) is 2. The predicted octanol–water partition coefficient (Wildman–Crippen LogP) is 2.94. The summed E-state index contributed by atoms with van der Waals surface area (Å²) in [5.41, 5.74) is 14.7. The normalized spacial score (nSPS) is 10.2. The molecule has 0 aliphatic carbocycles. The lowest BCUT2D eigenvalue weighted by atomic mass is 10.0. The molecular weight excluding hydrogens is 312 g/mol. The first-order valence-electron chi connectivity index (χ1n) is 7.65. The highest BCUT2D eigenvalue weighted by molar-refractivity contribution is 5.99. The summed E-state index contributed by atoms with van der Waals surface area (Å²) in [5, 5.41) is 10.7. The van der Waals surface area contributed by atoms with Crippen LogP contribution in [0.3, 0.4) is 0 Å². The Morgan fingerprint density at radius 2 is 1.32 bits per heavy atom. The van der Waals surface area contributed by atoms with E-state index in [1.807, 2.05) is 60.7 Å². The summed E-state index contributed by atoms with van der Waals surface area (Å²) >= 11 is 0. The maximum atomic E-state index is 7.82. The summed E-state index contributed by atoms with van der Waals surface area (Å²) in [6.45, 7) is 3.62. The molecule has 0 aliphatic rings. The minimum Gasteiger partial charge on any atom is -0.386 e. The smallest absolute Gasteiger partial charge is 0.162 e. The lowest BCUT2D eigenvalue weighted by molar-refractivity contribution is 1.15. The minimum atomic E-state index is -0.201. The van der Waals surface area contributed by atoms with Crippen molar-refractivity contribution in [2.45, 2.75) is 0 Å². The standard InChI is InChI=1S/C19H18N6/c1-12(20)23-19-17(18(21)22)24-15(13-8-4-2-5-9-13)16(25-19)14-10-6-3-7-11-14/h2-11H,1,20H2,(H3,21,22)(H,23,25). The number of hydrogen-bond donors (Lipinski definition) is 4. The maximum absolute atomic E-state index is 7.82. The van der Waals surface area contributed by atoms with Crippen molar-refractivity contribution >= 4 is 11.7 Å². The molecule has 2 aromatic carbocycles. The van der Waals surface area contributed by atoms with E-state index in [2.05, 4.69) is 21.9 Å². The molecule has 0 radical (unpaired) electrons. The molecule has 0 amide bonds. The van der Waals surface area contributed by atoms with Crippen molar-refractivity contribution in [3.05, 3.63) is 78.8 Å². The number of amidine groups is 1. The van der Waals surface area contributed by atoms with E-state index < -0.39 is 0 Å². The van der Waals surface area contributed by atoms with Crippen LogP contribution in [0.4, 0.5) is 5.82 Å². The summed E-state index contributed by atoms with van der Waals surface area (Å²) in [7, 11) is 0. The fraction of sp³-hybridized carbons (Fsp3) is 0. The molecule has 0 atom stereocenters. The lowest BCUT2D eigenvalue weighted by Crippen LogP contribution is -2.20. The Bertz CT molecular complexity index is 919. The predicted molar refractivity (Wildman–Crippen MR) is 101 cm³/mol. The van der Waals surface area contributed by atoms with Crippen LogP contribution in [0, 0.1) is 5.41 Å². The van der Waals surface area contributed by atoms with Gasteiger partial charge in [0.15, 0.2) is 5.82 Å². The molecule has 0 unspecified atom stereocenters. The Labute approximate surface area is 145 Å². The third kappa shape index (κ3) is 3.48. The highest BCUT2D eigenvalue weighted by atomic mass is 15.1. The molecule has 124 valence electrons. The summed E-state index contributed by atoms with van der Waals surface area (Å²) in [5.74, 6) is 0.301. The van der Waals surface area contributed by atoms with Gasteiger partial charge in [-0.05, 0) is 0 Å². The molecule has 3 aromatic rings. The van der Waals surface area contributed by atoms with E-state index in [4.69, 9.17) is 16.9 Å². The number of nitrogens with zero attached hydrogens (tertiary/aromatic N) is 2. The van der Waals surface area contributed by atoms with Crippen LogP contribution in [0.5, 0.6) is 0 Å². The van der Waals surface area contributed by atoms with Gasteiger partial charge in [0, 0.05) is 11.1 Å². The van der Waals surface area contributed by atoms with Crippen LogP contribution in [0.2, 0.25) is 0 Å². The number of aromatic nitrogens is 2. The summed E-state index contributed by atoms with van der Waals surface area (Å²) in [6, 6.07) is 19.4. The lowest BCUT2D eigenvalue weighted by Gasteiger charge is -2.15. The molecule has 6 nitrogen and oxygen atoms in total. The molecule has 6 heteroatoms. The number of rotatable bonds is 5. The van der Waals surface area contributed by atoms with Gasteiger partial charge in [-0.3, -0.25) is 5.41 Å². The fourth-order valence-electron chi connectivity index (χ4n) is 2.46. The fourth-order valence-corrected chi connectivity index (χ4v) is 2.46. The third-order valence-corrected chi connectivity index (χ3v) is 3.52. The molecule has 1 heterocycles. The maximum Gasteiger partial charge on any atom is 0.162 e. The van der Waals surface area contributed by atoms with Crippen LogP contribution < -0.4 is 16.8 Å². The Morgan fingerprint density at radius 3 is 1.76 bits per heavy atom. The molecule has 6 N–H and O–H groups in total. The van der Waals surface area contributed by atoms with Crippen molar-refractivity contribution in [3.8, 4) is 22.5 Å². The summed E-state index contributed by atoms with van der Waals surface area (Å²) < 4.78 is 0. The average molecular weight is 330 g/mol. The molecule has 3 rings (SSSR count). The number of nitrogens with two attached hydrogens (primary N) is 2. The van der Waals surface area contributed by atoms with Gasteiger partial charge in [-0.1, -0.05) is 67.2 Å². The van der Waals surface area contributed by atoms with E-state index in [0.29, 0.717) is 17.2 Å². The zero-order valence-electron chi connectivity index (χ0n) is 13.5. The van der Waals surface area contributed by atoms with Crippen LogP contribution in [0.25, 0.3) is 22.5 Å². The molecule has 0 bridgehead atoms. The van der Waals surface area contributed by atoms with Crippen molar-refractivity contribution in [2.24, 2.45) is 11.5 Å². The zero-order valence-corrected chi connectivity index (χ0v) is 13.5. The first kappa shape index (κ1) is 16.2. The van der Waals surface area contributed by atoms with Crippen molar-refractivity contribution < 1.29 is 0 Å². The van der Waals surface area contributed by atoms with Crippen molar-refractivity contribution in [1.29, 1.82) is 5.41 Å². The average Bonchev–Trinajstić information content (AvgIpc) is 2.62. The van der Waals surface area contributed by atoms with Gasteiger partial charge < -0.3 is 16.8 Å². The van der Waals surface area contributed by atoms with Gasteiger partial charge in [0.25, 0.3) is 0 Å². The van der Waals surface area contributed by atoms with Crippen molar-refractivity contribution in [1.82, 2.24) is 9.97 Å². The van der Waals surface area contributed by atoms with Gasteiger partial charge in [-0.25, -0.2) is 9.97 Å². The van der Waals surface area contributed by atoms with Gasteiger partial charge in [-0.2, -0.15) is 0 Å². The van der Waals surface area contributed by atoms with Crippen LogP contribution in [0.1, 0.15) is 5.69 Å². The molecule has 0 spiro atoms. The summed E-state index contributed by atoms with van der Waals surface area (Å²) in [6.07, 6.45) is 0. The Morgan fingerprint density at radius 1 is 0.840 bits per heavy atom. The Kier molecular flexibility index (Phi) is 4.43. The van der Waals surface area contributed by atoms with E-state index in [1.165, 1.54) is 0 Å². The monoisotopic (exact) mass is 330 g/mol. The number of nitrogen functional groups attached to an aromatic ring is 1. The minimum absolute atomic E-state index is 0.197. The molecule has 0 aliphatic heterocycles. The van der Waals surface area contributed by atoms with Crippen LogP contribution >= 0.6 is 0 Å². The highest BCUT2D eigenvalue weighted by Crippen LogP contribution is 2.31. The van der Waals surface area contributed by atoms with Gasteiger partial charge in [0.2, 0.25) is 0 Å². The van der Waals surface area contributed by atoms with Gasteiger partial charge >= 0.3 is 0 Å². The Balaban J connectivity index is 2.30. The second kappa shape index (κ2) is 6.84. The van der Waals surface area contributed by atoms with Crippen LogP contribution in [-0.2, 0) is 0 Å². The topological polar surface area (TPSA) is 114 Å². The molecule has 25 heavy (non-hydrogen) atoms. The highest BCUT2D eigenvalue weighted by Gasteiger charge is 2.18. The van der Waals surface area contributed by atoms with Gasteiger partial charge in [0.05, 0.1) is 17.2 Å². The molecular formula is C19H18N6. The van der Waals surface area contributed by atoms with Crippen LogP contribution in [0.15, 0.2) is 73.1 Å². The largest absolute Gasteiger partial charge is 0.386 e. The quantitative estimate of drug-likeness (QED) is 0.424. The first-order chi connectivity index (χ1) is 12.1. The SMILES string of the molecule is C=C(N)Nc1nc(-c2ccccc2)c(-c2ccccc2)nc1C(=N)N. The Hall–Kier alpha value is -3.67.